The highest BCUT2D eigenvalue weighted by molar-refractivity contribution is 6.30. The molecule has 0 amide bonds. The third kappa shape index (κ3) is 2.13. The van der Waals surface area contributed by atoms with Crippen molar-refractivity contribution in [1.82, 2.24) is 4.98 Å². The Morgan fingerprint density at radius 2 is 1.92 bits per heavy atom. The minimum atomic E-state index is 0.709. The van der Waals surface area contributed by atoms with E-state index in [9.17, 15) is 0 Å². The van der Waals surface area contributed by atoms with Crippen LogP contribution in [0.4, 0.5) is 5.82 Å². The number of nitrogens with zero attached hydrogens (tertiary/aromatic N) is 2. The van der Waals surface area contributed by atoms with Gasteiger partial charge in [0.25, 0.3) is 0 Å². The molecule has 0 saturated carbocycles. The lowest BCUT2D eigenvalue weighted by molar-refractivity contribution is 0.573. The van der Waals surface area contributed by atoms with Gasteiger partial charge in [-0.1, -0.05) is 11.6 Å². The number of halogens is 1. The number of hydrogen-bond donors (Lipinski definition) is 0. The molecule has 0 radical (unpaired) electrons. The van der Waals surface area contributed by atoms with Gasteiger partial charge in [0.1, 0.15) is 5.82 Å². The molecule has 1 fully saturated rings. The second-order valence-electron chi connectivity index (χ2n) is 3.38. The molecule has 1 aliphatic rings. The summed E-state index contributed by atoms with van der Waals surface area (Å²) in [6.45, 7) is 2.27. The van der Waals surface area contributed by atoms with Gasteiger partial charge in [0, 0.05) is 19.3 Å². The Hall–Kier alpha value is -0.760. The van der Waals surface area contributed by atoms with E-state index in [0.717, 1.165) is 18.9 Å². The van der Waals surface area contributed by atoms with E-state index in [1.165, 1.54) is 19.3 Å². The molecule has 1 saturated heterocycles. The summed E-state index contributed by atoms with van der Waals surface area (Å²) in [6, 6.07) is 3.89. The number of aromatic nitrogens is 1. The summed E-state index contributed by atoms with van der Waals surface area (Å²) in [7, 11) is 0. The van der Waals surface area contributed by atoms with Crippen LogP contribution in [0.15, 0.2) is 18.3 Å². The lowest BCUT2D eigenvalue weighted by Gasteiger charge is -2.27. The average Bonchev–Trinajstić information content (AvgIpc) is 2.20. The fourth-order valence-corrected chi connectivity index (χ4v) is 1.79. The standard InChI is InChI=1S/C10H13ClN2/c11-9-4-5-10(12-8-9)13-6-2-1-3-7-13/h4-5,8H,1-3,6-7H2. The summed E-state index contributed by atoms with van der Waals surface area (Å²) >= 11 is 5.77. The smallest absolute Gasteiger partial charge is 0.128 e. The van der Waals surface area contributed by atoms with Crippen molar-refractivity contribution in [3.8, 4) is 0 Å². The van der Waals surface area contributed by atoms with E-state index < -0.39 is 0 Å². The second kappa shape index (κ2) is 3.97. The van der Waals surface area contributed by atoms with Gasteiger partial charge in [0.15, 0.2) is 0 Å². The molecule has 0 N–H and O–H groups in total. The molecule has 0 spiro atoms. The van der Waals surface area contributed by atoms with Crippen LogP contribution < -0.4 is 4.90 Å². The summed E-state index contributed by atoms with van der Waals surface area (Å²) in [5.41, 5.74) is 0. The van der Waals surface area contributed by atoms with Crippen LogP contribution in [0, 0.1) is 0 Å². The van der Waals surface area contributed by atoms with E-state index in [-0.39, 0.29) is 0 Å². The first-order valence-electron chi connectivity index (χ1n) is 4.73. The number of piperidine rings is 1. The fraction of sp³-hybridized carbons (Fsp3) is 0.500. The van der Waals surface area contributed by atoms with Gasteiger partial charge >= 0.3 is 0 Å². The van der Waals surface area contributed by atoms with Crippen molar-refractivity contribution in [2.24, 2.45) is 0 Å². The molecule has 0 bridgehead atoms. The molecular formula is C10H13ClN2. The lowest BCUT2D eigenvalue weighted by Crippen LogP contribution is -2.29. The van der Waals surface area contributed by atoms with Crippen molar-refractivity contribution in [3.63, 3.8) is 0 Å². The van der Waals surface area contributed by atoms with Crippen molar-refractivity contribution in [1.29, 1.82) is 0 Å². The van der Waals surface area contributed by atoms with E-state index in [1.807, 2.05) is 12.1 Å². The van der Waals surface area contributed by atoms with Crippen molar-refractivity contribution in [2.75, 3.05) is 18.0 Å². The first kappa shape index (κ1) is 8.82. The first-order valence-corrected chi connectivity index (χ1v) is 5.10. The Kier molecular flexibility index (Phi) is 2.69. The zero-order valence-corrected chi connectivity index (χ0v) is 8.30. The highest BCUT2D eigenvalue weighted by Gasteiger charge is 2.10. The molecule has 2 nitrogen and oxygen atoms in total. The molecule has 70 valence electrons. The van der Waals surface area contributed by atoms with Crippen LogP contribution in [0.3, 0.4) is 0 Å². The van der Waals surface area contributed by atoms with Gasteiger partial charge in [-0.3, -0.25) is 0 Å². The number of anilines is 1. The molecule has 3 heteroatoms. The van der Waals surface area contributed by atoms with Crippen molar-refractivity contribution in [2.45, 2.75) is 19.3 Å². The van der Waals surface area contributed by atoms with Gasteiger partial charge in [-0.25, -0.2) is 4.98 Å². The quantitative estimate of drug-likeness (QED) is 0.687. The summed E-state index contributed by atoms with van der Waals surface area (Å²) in [5.74, 6) is 1.06. The Labute approximate surface area is 83.5 Å². The molecule has 0 aromatic carbocycles. The van der Waals surface area contributed by atoms with Gasteiger partial charge in [-0.15, -0.1) is 0 Å². The van der Waals surface area contributed by atoms with Crippen molar-refractivity contribution >= 4 is 17.4 Å². The molecular weight excluding hydrogens is 184 g/mol. The second-order valence-corrected chi connectivity index (χ2v) is 3.82. The van der Waals surface area contributed by atoms with Gasteiger partial charge in [0.05, 0.1) is 5.02 Å². The normalized spacial score (nSPS) is 17.5. The topological polar surface area (TPSA) is 16.1 Å². The van der Waals surface area contributed by atoms with E-state index >= 15 is 0 Å². The van der Waals surface area contributed by atoms with Crippen LogP contribution in [-0.2, 0) is 0 Å². The van der Waals surface area contributed by atoms with E-state index in [2.05, 4.69) is 9.88 Å². The van der Waals surface area contributed by atoms with Crippen LogP contribution in [0.2, 0.25) is 5.02 Å². The average molecular weight is 197 g/mol. The number of pyridine rings is 1. The van der Waals surface area contributed by atoms with Gasteiger partial charge in [0.2, 0.25) is 0 Å². The zero-order chi connectivity index (χ0) is 9.10. The van der Waals surface area contributed by atoms with Gasteiger partial charge < -0.3 is 4.90 Å². The van der Waals surface area contributed by atoms with Crippen molar-refractivity contribution < 1.29 is 0 Å². The van der Waals surface area contributed by atoms with Gasteiger partial charge in [-0.05, 0) is 31.4 Å². The van der Waals surface area contributed by atoms with E-state index in [4.69, 9.17) is 11.6 Å². The molecule has 1 aromatic heterocycles. The highest BCUT2D eigenvalue weighted by Crippen LogP contribution is 2.18. The van der Waals surface area contributed by atoms with Crippen LogP contribution in [-0.4, -0.2) is 18.1 Å². The number of hydrogen-bond acceptors (Lipinski definition) is 2. The predicted octanol–water partition coefficient (Wildman–Crippen LogP) is 2.73. The molecule has 1 aromatic rings. The molecule has 0 atom stereocenters. The molecule has 2 rings (SSSR count). The summed E-state index contributed by atoms with van der Waals surface area (Å²) in [4.78, 5) is 6.62. The summed E-state index contributed by atoms with van der Waals surface area (Å²) < 4.78 is 0. The van der Waals surface area contributed by atoms with Crippen LogP contribution in [0.5, 0.6) is 0 Å². The number of rotatable bonds is 1. The largest absolute Gasteiger partial charge is 0.357 e. The molecule has 1 aliphatic heterocycles. The minimum Gasteiger partial charge on any atom is -0.357 e. The van der Waals surface area contributed by atoms with E-state index in [0.29, 0.717) is 5.02 Å². The Morgan fingerprint density at radius 1 is 1.15 bits per heavy atom. The fourth-order valence-electron chi connectivity index (χ4n) is 1.68. The maximum atomic E-state index is 5.77. The third-order valence-corrected chi connectivity index (χ3v) is 2.62. The highest BCUT2D eigenvalue weighted by atomic mass is 35.5. The Morgan fingerprint density at radius 3 is 2.54 bits per heavy atom. The van der Waals surface area contributed by atoms with E-state index in [1.54, 1.807) is 6.20 Å². The Bertz CT molecular complexity index is 265. The minimum absolute atomic E-state index is 0.709. The molecule has 0 unspecified atom stereocenters. The van der Waals surface area contributed by atoms with Crippen molar-refractivity contribution in [3.05, 3.63) is 23.4 Å². The maximum absolute atomic E-state index is 5.77. The molecule has 13 heavy (non-hydrogen) atoms. The molecule has 2 heterocycles. The Balaban J connectivity index is 2.10. The third-order valence-electron chi connectivity index (χ3n) is 2.39. The summed E-state index contributed by atoms with van der Waals surface area (Å²) in [5, 5.41) is 0.709. The maximum Gasteiger partial charge on any atom is 0.128 e. The van der Waals surface area contributed by atoms with Gasteiger partial charge in [-0.2, -0.15) is 0 Å². The van der Waals surface area contributed by atoms with Crippen LogP contribution >= 0.6 is 11.6 Å². The SMILES string of the molecule is Clc1ccc(N2CCCCC2)nc1. The lowest BCUT2D eigenvalue weighted by atomic mass is 10.1. The summed E-state index contributed by atoms with van der Waals surface area (Å²) in [6.07, 6.45) is 5.63. The predicted molar refractivity (Wildman–Crippen MR) is 55.3 cm³/mol. The molecule has 0 aliphatic carbocycles. The first-order chi connectivity index (χ1) is 6.36. The van der Waals surface area contributed by atoms with Crippen LogP contribution in [0.1, 0.15) is 19.3 Å². The van der Waals surface area contributed by atoms with Crippen LogP contribution in [0.25, 0.3) is 0 Å². The zero-order valence-electron chi connectivity index (χ0n) is 7.54. The monoisotopic (exact) mass is 196 g/mol.